The Bertz CT molecular complexity index is 497. The normalized spacial score (nSPS) is 10.3. The van der Waals surface area contributed by atoms with Crippen LogP contribution in [-0.2, 0) is 6.54 Å². The lowest BCUT2D eigenvalue weighted by molar-refractivity contribution is 0.517. The van der Waals surface area contributed by atoms with Gasteiger partial charge in [0.2, 0.25) is 17.8 Å². The second-order valence-electron chi connectivity index (χ2n) is 4.48. The van der Waals surface area contributed by atoms with Crippen molar-refractivity contribution < 1.29 is 4.42 Å². The maximum atomic E-state index is 5.26. The average Bonchev–Trinajstić information content (AvgIpc) is 2.89. The first kappa shape index (κ1) is 13.1. The molecule has 2 rings (SSSR count). The standard InChI is InChI=1S/C12H18N6O/c1-17(2)11-14-10(15-12(16-11)18(3)4)13-8-9-6-5-7-19-9/h5-7H,8H2,1-4H3,(H,13,14,15,16). The van der Waals surface area contributed by atoms with Crippen molar-refractivity contribution in [3.63, 3.8) is 0 Å². The van der Waals surface area contributed by atoms with E-state index < -0.39 is 0 Å². The number of hydrogen-bond acceptors (Lipinski definition) is 7. The third kappa shape index (κ3) is 3.34. The quantitative estimate of drug-likeness (QED) is 0.868. The molecule has 0 aliphatic heterocycles. The number of nitrogens with one attached hydrogen (secondary N) is 1. The van der Waals surface area contributed by atoms with Gasteiger partial charge in [0.05, 0.1) is 12.8 Å². The van der Waals surface area contributed by atoms with Gasteiger partial charge >= 0.3 is 0 Å². The molecule has 1 N–H and O–H groups in total. The summed E-state index contributed by atoms with van der Waals surface area (Å²) < 4.78 is 5.26. The minimum Gasteiger partial charge on any atom is -0.467 e. The molecular formula is C12H18N6O. The summed E-state index contributed by atoms with van der Waals surface area (Å²) >= 11 is 0. The molecule has 102 valence electrons. The van der Waals surface area contributed by atoms with Gasteiger partial charge in [-0.25, -0.2) is 0 Å². The van der Waals surface area contributed by atoms with Crippen LogP contribution in [0.25, 0.3) is 0 Å². The lowest BCUT2D eigenvalue weighted by atomic mass is 10.4. The lowest BCUT2D eigenvalue weighted by Gasteiger charge is -2.16. The summed E-state index contributed by atoms with van der Waals surface area (Å²) in [5.74, 6) is 2.58. The zero-order valence-electron chi connectivity index (χ0n) is 11.6. The molecule has 0 aromatic carbocycles. The van der Waals surface area contributed by atoms with E-state index in [0.717, 1.165) is 5.76 Å². The van der Waals surface area contributed by atoms with Crippen LogP contribution in [0.15, 0.2) is 22.8 Å². The molecule has 0 bridgehead atoms. The van der Waals surface area contributed by atoms with E-state index in [-0.39, 0.29) is 0 Å². The van der Waals surface area contributed by atoms with E-state index in [4.69, 9.17) is 4.42 Å². The molecule has 0 radical (unpaired) electrons. The van der Waals surface area contributed by atoms with Crippen LogP contribution >= 0.6 is 0 Å². The average molecular weight is 262 g/mol. The molecule has 2 aromatic heterocycles. The first-order chi connectivity index (χ1) is 9.06. The smallest absolute Gasteiger partial charge is 0.231 e. The van der Waals surface area contributed by atoms with Gasteiger partial charge in [-0.1, -0.05) is 0 Å². The van der Waals surface area contributed by atoms with Crippen LogP contribution in [-0.4, -0.2) is 43.1 Å². The number of hydrogen-bond donors (Lipinski definition) is 1. The zero-order chi connectivity index (χ0) is 13.8. The Kier molecular flexibility index (Phi) is 3.84. The highest BCUT2D eigenvalue weighted by Gasteiger charge is 2.09. The third-order valence-corrected chi connectivity index (χ3v) is 2.41. The SMILES string of the molecule is CN(C)c1nc(NCc2ccco2)nc(N(C)C)n1. The van der Waals surface area contributed by atoms with Gasteiger partial charge in [-0.15, -0.1) is 0 Å². The Labute approximate surface area is 112 Å². The fourth-order valence-corrected chi connectivity index (χ4v) is 1.41. The van der Waals surface area contributed by atoms with Gasteiger partial charge in [0.15, 0.2) is 0 Å². The Morgan fingerprint density at radius 2 is 1.68 bits per heavy atom. The van der Waals surface area contributed by atoms with Crippen LogP contribution in [0.3, 0.4) is 0 Å². The van der Waals surface area contributed by atoms with Crippen LogP contribution in [0.2, 0.25) is 0 Å². The first-order valence-electron chi connectivity index (χ1n) is 5.93. The summed E-state index contributed by atoms with van der Waals surface area (Å²) in [6.07, 6.45) is 1.64. The molecule has 2 aromatic rings. The predicted octanol–water partition coefficient (Wildman–Crippen LogP) is 1.21. The first-order valence-corrected chi connectivity index (χ1v) is 5.93. The fourth-order valence-electron chi connectivity index (χ4n) is 1.41. The van der Waals surface area contributed by atoms with Gasteiger partial charge < -0.3 is 19.5 Å². The van der Waals surface area contributed by atoms with E-state index in [1.165, 1.54) is 0 Å². The second-order valence-corrected chi connectivity index (χ2v) is 4.48. The van der Waals surface area contributed by atoms with Gasteiger partial charge in [-0.2, -0.15) is 15.0 Å². The van der Waals surface area contributed by atoms with E-state index in [1.54, 1.807) is 6.26 Å². The highest BCUT2D eigenvalue weighted by atomic mass is 16.3. The van der Waals surface area contributed by atoms with Crippen molar-refractivity contribution in [2.45, 2.75) is 6.54 Å². The summed E-state index contributed by atoms with van der Waals surface area (Å²) in [5, 5.41) is 3.13. The van der Waals surface area contributed by atoms with E-state index in [1.807, 2.05) is 50.1 Å². The Morgan fingerprint density at radius 1 is 1.05 bits per heavy atom. The maximum Gasteiger partial charge on any atom is 0.231 e. The number of anilines is 3. The minimum atomic E-state index is 0.527. The molecule has 0 unspecified atom stereocenters. The Morgan fingerprint density at radius 3 is 2.16 bits per heavy atom. The summed E-state index contributed by atoms with van der Waals surface area (Å²) in [6.45, 7) is 0.538. The van der Waals surface area contributed by atoms with E-state index >= 15 is 0 Å². The summed E-state index contributed by atoms with van der Waals surface area (Å²) in [6, 6.07) is 3.74. The summed E-state index contributed by atoms with van der Waals surface area (Å²) in [4.78, 5) is 16.7. The van der Waals surface area contributed by atoms with Crippen molar-refractivity contribution >= 4 is 17.8 Å². The minimum absolute atomic E-state index is 0.527. The molecule has 7 nitrogen and oxygen atoms in total. The van der Waals surface area contributed by atoms with Crippen LogP contribution in [0.4, 0.5) is 17.8 Å². The van der Waals surface area contributed by atoms with Gasteiger partial charge in [0.25, 0.3) is 0 Å². The monoisotopic (exact) mass is 262 g/mol. The topological polar surface area (TPSA) is 70.3 Å². The molecular weight excluding hydrogens is 244 g/mol. The predicted molar refractivity (Wildman–Crippen MR) is 74.5 cm³/mol. The molecule has 0 saturated carbocycles. The number of furan rings is 1. The van der Waals surface area contributed by atoms with Crippen molar-refractivity contribution in [3.05, 3.63) is 24.2 Å². The number of aromatic nitrogens is 3. The molecule has 0 amide bonds. The largest absolute Gasteiger partial charge is 0.467 e. The van der Waals surface area contributed by atoms with Gasteiger partial charge in [-0.3, -0.25) is 0 Å². The van der Waals surface area contributed by atoms with Crippen LogP contribution in [0.1, 0.15) is 5.76 Å². The molecule has 19 heavy (non-hydrogen) atoms. The van der Waals surface area contributed by atoms with Crippen molar-refractivity contribution in [2.75, 3.05) is 43.3 Å². The molecule has 0 fully saturated rings. The molecule has 0 saturated heterocycles. The highest BCUT2D eigenvalue weighted by molar-refractivity contribution is 5.43. The van der Waals surface area contributed by atoms with E-state index in [0.29, 0.717) is 24.4 Å². The van der Waals surface area contributed by atoms with Crippen molar-refractivity contribution in [3.8, 4) is 0 Å². The maximum absolute atomic E-state index is 5.26. The van der Waals surface area contributed by atoms with Crippen molar-refractivity contribution in [1.29, 1.82) is 0 Å². The van der Waals surface area contributed by atoms with E-state index in [9.17, 15) is 0 Å². The second kappa shape index (κ2) is 5.55. The van der Waals surface area contributed by atoms with Crippen LogP contribution in [0, 0.1) is 0 Å². The molecule has 7 heteroatoms. The molecule has 0 aliphatic carbocycles. The molecule has 2 heterocycles. The molecule has 0 aliphatic rings. The van der Waals surface area contributed by atoms with Crippen LogP contribution < -0.4 is 15.1 Å². The molecule has 0 spiro atoms. The van der Waals surface area contributed by atoms with Gasteiger partial charge in [0.1, 0.15) is 5.76 Å². The fraction of sp³-hybridized carbons (Fsp3) is 0.417. The Balaban J connectivity index is 2.18. The van der Waals surface area contributed by atoms with Crippen molar-refractivity contribution in [2.24, 2.45) is 0 Å². The Hall–Kier alpha value is -2.31. The molecule has 0 atom stereocenters. The summed E-state index contributed by atoms with van der Waals surface area (Å²) in [5.41, 5.74) is 0. The van der Waals surface area contributed by atoms with Gasteiger partial charge in [-0.05, 0) is 12.1 Å². The third-order valence-electron chi connectivity index (χ3n) is 2.41. The number of nitrogens with zero attached hydrogens (tertiary/aromatic N) is 5. The van der Waals surface area contributed by atoms with E-state index in [2.05, 4.69) is 20.3 Å². The van der Waals surface area contributed by atoms with Crippen LogP contribution in [0.5, 0.6) is 0 Å². The van der Waals surface area contributed by atoms with Crippen molar-refractivity contribution in [1.82, 2.24) is 15.0 Å². The zero-order valence-corrected chi connectivity index (χ0v) is 11.6. The highest BCUT2D eigenvalue weighted by Crippen LogP contribution is 2.14. The summed E-state index contributed by atoms with van der Waals surface area (Å²) in [7, 11) is 7.58. The lowest BCUT2D eigenvalue weighted by Crippen LogP contribution is -2.20. The van der Waals surface area contributed by atoms with Gasteiger partial charge in [0, 0.05) is 28.2 Å². The number of rotatable bonds is 5.